The summed E-state index contributed by atoms with van der Waals surface area (Å²) in [7, 11) is 0. The van der Waals surface area contributed by atoms with Crippen LogP contribution < -0.4 is 5.32 Å². The lowest BCUT2D eigenvalue weighted by atomic mass is 10.2. The number of carbonyl (C=O) groups excluding carboxylic acids is 3. The zero-order chi connectivity index (χ0) is 20.8. The molecule has 1 aliphatic rings. The van der Waals surface area contributed by atoms with Crippen LogP contribution in [0.25, 0.3) is 6.08 Å². The van der Waals surface area contributed by atoms with E-state index in [-0.39, 0.29) is 35.7 Å². The standard InChI is InChI=1S/C20H17ClN2O4S2/c21-16-4-2-1-3-13(16)11-17-19(26)23(20(27)29-17)10-9-22-18(25)12-28-15-7-5-14(24)6-8-15/h1-8,11,24H,9-10,12H2,(H,22,25)/b17-11-. The number of carbonyl (C=O) groups is 3. The summed E-state index contributed by atoms with van der Waals surface area (Å²) in [6.45, 7) is 0.270. The van der Waals surface area contributed by atoms with Gasteiger partial charge in [0.15, 0.2) is 0 Å². The molecule has 1 saturated heterocycles. The zero-order valence-electron chi connectivity index (χ0n) is 15.1. The average molecular weight is 449 g/mol. The summed E-state index contributed by atoms with van der Waals surface area (Å²) >= 11 is 8.28. The number of nitrogens with zero attached hydrogens (tertiary/aromatic N) is 1. The first kappa shape index (κ1) is 21.3. The fourth-order valence-corrected chi connectivity index (χ4v) is 4.25. The number of imide groups is 1. The van der Waals surface area contributed by atoms with E-state index in [9.17, 15) is 19.5 Å². The van der Waals surface area contributed by atoms with E-state index in [2.05, 4.69) is 5.32 Å². The van der Waals surface area contributed by atoms with Crippen molar-refractivity contribution in [1.29, 1.82) is 0 Å². The van der Waals surface area contributed by atoms with Crippen LogP contribution in [0.3, 0.4) is 0 Å². The number of aromatic hydroxyl groups is 1. The van der Waals surface area contributed by atoms with Gasteiger partial charge in [0.2, 0.25) is 5.91 Å². The Kier molecular flexibility index (Phi) is 7.24. The van der Waals surface area contributed by atoms with Crippen LogP contribution in [0.15, 0.2) is 58.3 Å². The maximum atomic E-state index is 12.5. The van der Waals surface area contributed by atoms with Crippen molar-refractivity contribution in [2.75, 3.05) is 18.8 Å². The molecule has 2 N–H and O–H groups in total. The Labute approximate surface area is 181 Å². The highest BCUT2D eigenvalue weighted by Crippen LogP contribution is 2.33. The van der Waals surface area contributed by atoms with Gasteiger partial charge in [0.05, 0.1) is 10.7 Å². The highest BCUT2D eigenvalue weighted by molar-refractivity contribution is 8.18. The van der Waals surface area contributed by atoms with Crippen LogP contribution >= 0.6 is 35.1 Å². The minimum atomic E-state index is -0.396. The molecule has 0 radical (unpaired) electrons. The lowest BCUT2D eigenvalue weighted by Crippen LogP contribution is -2.37. The molecule has 3 amide bonds. The van der Waals surface area contributed by atoms with Crippen LogP contribution in [0.5, 0.6) is 5.75 Å². The van der Waals surface area contributed by atoms with Gasteiger partial charge in [0.1, 0.15) is 5.75 Å². The average Bonchev–Trinajstić information content (AvgIpc) is 2.96. The second-order valence-electron chi connectivity index (χ2n) is 5.99. The first-order valence-electron chi connectivity index (χ1n) is 8.62. The minimum absolute atomic E-state index is 0.0974. The van der Waals surface area contributed by atoms with Gasteiger partial charge in [-0.3, -0.25) is 19.3 Å². The third-order valence-electron chi connectivity index (χ3n) is 3.93. The summed E-state index contributed by atoms with van der Waals surface area (Å²) in [4.78, 5) is 38.9. The molecule has 1 aliphatic heterocycles. The largest absolute Gasteiger partial charge is 0.508 e. The lowest BCUT2D eigenvalue weighted by Gasteiger charge is -2.13. The molecule has 0 atom stereocenters. The molecular weight excluding hydrogens is 432 g/mol. The first-order chi connectivity index (χ1) is 13.9. The van der Waals surface area contributed by atoms with Crippen LogP contribution in [-0.2, 0) is 9.59 Å². The predicted molar refractivity (Wildman–Crippen MR) is 116 cm³/mol. The van der Waals surface area contributed by atoms with E-state index in [1.165, 1.54) is 11.8 Å². The summed E-state index contributed by atoms with van der Waals surface area (Å²) in [6, 6.07) is 13.6. The van der Waals surface area contributed by atoms with Crippen molar-refractivity contribution in [1.82, 2.24) is 10.2 Å². The minimum Gasteiger partial charge on any atom is -0.508 e. The van der Waals surface area contributed by atoms with E-state index < -0.39 is 5.91 Å². The van der Waals surface area contributed by atoms with Gasteiger partial charge in [0, 0.05) is 23.0 Å². The van der Waals surface area contributed by atoms with Crippen molar-refractivity contribution in [3.05, 3.63) is 64.0 Å². The summed E-state index contributed by atoms with van der Waals surface area (Å²) in [5.74, 6) is -0.243. The van der Waals surface area contributed by atoms with Crippen molar-refractivity contribution in [2.24, 2.45) is 0 Å². The van der Waals surface area contributed by atoms with Gasteiger partial charge in [-0.05, 0) is 53.7 Å². The van der Waals surface area contributed by atoms with Gasteiger partial charge in [-0.15, -0.1) is 11.8 Å². The summed E-state index contributed by atoms with van der Waals surface area (Å²) < 4.78 is 0. The number of rotatable bonds is 7. The molecule has 2 aromatic rings. The molecule has 1 fully saturated rings. The van der Waals surface area contributed by atoms with Crippen molar-refractivity contribution in [3.63, 3.8) is 0 Å². The SMILES string of the molecule is O=C(CSc1ccc(O)cc1)NCCN1C(=O)S/C(=C\c2ccccc2Cl)C1=O. The van der Waals surface area contributed by atoms with Crippen LogP contribution in [0.2, 0.25) is 5.02 Å². The highest BCUT2D eigenvalue weighted by atomic mass is 35.5. The van der Waals surface area contributed by atoms with Gasteiger partial charge in [-0.1, -0.05) is 29.8 Å². The van der Waals surface area contributed by atoms with Gasteiger partial charge >= 0.3 is 0 Å². The Bertz CT molecular complexity index is 963. The van der Waals surface area contributed by atoms with Crippen LogP contribution in [0, 0.1) is 0 Å². The fourth-order valence-electron chi connectivity index (χ4n) is 2.48. The smallest absolute Gasteiger partial charge is 0.293 e. The molecule has 0 aliphatic carbocycles. The second-order valence-corrected chi connectivity index (χ2v) is 8.44. The number of halogens is 1. The van der Waals surface area contributed by atoms with Crippen LogP contribution in [-0.4, -0.2) is 45.9 Å². The van der Waals surface area contributed by atoms with Gasteiger partial charge in [-0.2, -0.15) is 0 Å². The third kappa shape index (κ3) is 5.79. The summed E-state index contributed by atoms with van der Waals surface area (Å²) in [6.07, 6.45) is 1.60. The Morgan fingerprint density at radius 3 is 2.62 bits per heavy atom. The van der Waals surface area contributed by atoms with Gasteiger partial charge < -0.3 is 10.4 Å². The Morgan fingerprint density at radius 1 is 1.17 bits per heavy atom. The zero-order valence-corrected chi connectivity index (χ0v) is 17.5. The number of thioether (sulfide) groups is 2. The highest BCUT2D eigenvalue weighted by Gasteiger charge is 2.34. The molecule has 9 heteroatoms. The number of hydrogen-bond acceptors (Lipinski definition) is 6. The van der Waals surface area contributed by atoms with Gasteiger partial charge in [-0.25, -0.2) is 0 Å². The first-order valence-corrected chi connectivity index (χ1v) is 10.8. The normalized spacial score (nSPS) is 15.2. The van der Waals surface area contributed by atoms with E-state index in [4.69, 9.17) is 11.6 Å². The molecule has 0 saturated carbocycles. The number of nitrogens with one attached hydrogen (secondary N) is 1. The number of phenols is 1. The Hall–Kier alpha value is -2.42. The van der Waals surface area contributed by atoms with Crippen molar-refractivity contribution in [2.45, 2.75) is 4.90 Å². The fraction of sp³-hybridized carbons (Fsp3) is 0.150. The maximum Gasteiger partial charge on any atom is 0.293 e. The molecule has 0 unspecified atom stereocenters. The molecule has 6 nitrogen and oxygen atoms in total. The quantitative estimate of drug-likeness (QED) is 0.492. The van der Waals surface area contributed by atoms with E-state index in [0.29, 0.717) is 15.5 Å². The second kappa shape index (κ2) is 9.87. The molecule has 150 valence electrons. The van der Waals surface area contributed by atoms with Crippen molar-refractivity contribution < 1.29 is 19.5 Å². The number of phenolic OH excluding ortho intramolecular Hbond substituents is 1. The van der Waals surface area contributed by atoms with E-state index in [1.54, 1.807) is 54.6 Å². The van der Waals surface area contributed by atoms with E-state index >= 15 is 0 Å². The summed E-state index contributed by atoms with van der Waals surface area (Å²) in [5, 5.41) is 12.1. The molecule has 0 bridgehead atoms. The van der Waals surface area contributed by atoms with Crippen LogP contribution in [0.1, 0.15) is 5.56 Å². The molecule has 1 heterocycles. The number of hydrogen-bond donors (Lipinski definition) is 2. The van der Waals surface area contributed by atoms with E-state index in [1.807, 2.05) is 0 Å². The Balaban J connectivity index is 1.48. The third-order valence-corrected chi connectivity index (χ3v) is 6.19. The van der Waals surface area contributed by atoms with E-state index in [0.717, 1.165) is 21.6 Å². The molecular formula is C20H17ClN2O4S2. The maximum absolute atomic E-state index is 12.5. The number of amides is 3. The molecule has 29 heavy (non-hydrogen) atoms. The molecule has 2 aromatic carbocycles. The topological polar surface area (TPSA) is 86.7 Å². The molecule has 0 spiro atoms. The van der Waals surface area contributed by atoms with Gasteiger partial charge in [0.25, 0.3) is 11.1 Å². The molecule has 3 rings (SSSR count). The predicted octanol–water partition coefficient (Wildman–Crippen LogP) is 3.99. The van der Waals surface area contributed by atoms with Crippen molar-refractivity contribution >= 4 is 58.3 Å². The number of benzene rings is 2. The van der Waals surface area contributed by atoms with Crippen LogP contribution in [0.4, 0.5) is 4.79 Å². The lowest BCUT2D eigenvalue weighted by molar-refractivity contribution is -0.123. The summed E-state index contributed by atoms with van der Waals surface area (Å²) in [5.41, 5.74) is 0.666. The monoisotopic (exact) mass is 448 g/mol. The molecule has 0 aromatic heterocycles. The van der Waals surface area contributed by atoms with Crippen molar-refractivity contribution in [3.8, 4) is 5.75 Å². The Morgan fingerprint density at radius 2 is 1.90 bits per heavy atom.